The largest absolute Gasteiger partial charge is 0.397 e. The highest BCUT2D eigenvalue weighted by molar-refractivity contribution is 9.10. The van der Waals surface area contributed by atoms with Crippen LogP contribution in [0.1, 0.15) is 13.8 Å². The Morgan fingerprint density at radius 3 is 2.54 bits per heavy atom. The van der Waals surface area contributed by atoms with E-state index in [1.165, 1.54) is 0 Å². The maximum absolute atomic E-state index is 5.87. The lowest BCUT2D eigenvalue weighted by molar-refractivity contribution is 0.755. The zero-order chi connectivity index (χ0) is 10.0. The number of hydrogen-bond acceptors (Lipinski definition) is 2. The van der Waals surface area contributed by atoms with Gasteiger partial charge in [0.15, 0.2) is 0 Å². The number of nitrogens with zero attached hydrogens (tertiary/aromatic N) is 1. The molecule has 0 aromatic heterocycles. The third kappa shape index (κ3) is 2.37. The first-order valence-corrected chi connectivity index (χ1v) is 5.09. The van der Waals surface area contributed by atoms with E-state index in [-0.39, 0.29) is 0 Å². The Morgan fingerprint density at radius 2 is 2.00 bits per heavy atom. The van der Waals surface area contributed by atoms with Gasteiger partial charge in [-0.2, -0.15) is 0 Å². The lowest BCUT2D eigenvalue weighted by Crippen LogP contribution is -2.26. The normalized spacial score (nSPS) is 10.5. The van der Waals surface area contributed by atoms with Gasteiger partial charge in [-0.05, 0) is 32.0 Å². The number of hydrogen-bond donors (Lipinski definition) is 1. The molecule has 0 atom stereocenters. The van der Waals surface area contributed by atoms with Crippen molar-refractivity contribution in [1.29, 1.82) is 0 Å². The quantitative estimate of drug-likeness (QED) is 0.809. The molecule has 0 saturated carbocycles. The molecule has 0 aliphatic rings. The van der Waals surface area contributed by atoms with Crippen molar-refractivity contribution in [2.24, 2.45) is 0 Å². The molecule has 0 aliphatic heterocycles. The van der Waals surface area contributed by atoms with Crippen LogP contribution in [0.5, 0.6) is 0 Å². The van der Waals surface area contributed by atoms with Crippen molar-refractivity contribution in [2.75, 3.05) is 17.7 Å². The zero-order valence-electron chi connectivity index (χ0n) is 8.21. The van der Waals surface area contributed by atoms with Gasteiger partial charge in [0, 0.05) is 17.6 Å². The van der Waals surface area contributed by atoms with Gasteiger partial charge in [-0.25, -0.2) is 0 Å². The van der Waals surface area contributed by atoms with E-state index in [4.69, 9.17) is 5.73 Å². The molecule has 0 bridgehead atoms. The van der Waals surface area contributed by atoms with Crippen LogP contribution in [0.3, 0.4) is 0 Å². The SMILES string of the molecule is CC(C)N(C)c1cc(Br)ccc1N. The molecule has 0 heterocycles. The van der Waals surface area contributed by atoms with Gasteiger partial charge in [-0.3, -0.25) is 0 Å². The summed E-state index contributed by atoms with van der Waals surface area (Å²) < 4.78 is 1.06. The van der Waals surface area contributed by atoms with Crippen LogP contribution in [0.2, 0.25) is 0 Å². The summed E-state index contributed by atoms with van der Waals surface area (Å²) in [7, 11) is 2.04. The van der Waals surface area contributed by atoms with Gasteiger partial charge in [-0.15, -0.1) is 0 Å². The Hall–Kier alpha value is -0.700. The van der Waals surface area contributed by atoms with Crippen molar-refractivity contribution in [1.82, 2.24) is 0 Å². The summed E-state index contributed by atoms with van der Waals surface area (Å²) in [5, 5.41) is 0. The highest BCUT2D eigenvalue weighted by atomic mass is 79.9. The molecule has 72 valence electrons. The smallest absolute Gasteiger partial charge is 0.0610 e. The molecule has 3 heteroatoms. The third-order valence-corrected chi connectivity index (χ3v) is 2.64. The second-order valence-corrected chi connectivity index (χ2v) is 4.32. The molecule has 13 heavy (non-hydrogen) atoms. The Balaban J connectivity index is 3.05. The molecule has 0 saturated heterocycles. The van der Waals surface area contributed by atoms with Crippen molar-refractivity contribution in [3.05, 3.63) is 22.7 Å². The fourth-order valence-electron chi connectivity index (χ4n) is 1.10. The van der Waals surface area contributed by atoms with E-state index in [0.29, 0.717) is 6.04 Å². The highest BCUT2D eigenvalue weighted by Gasteiger charge is 2.08. The van der Waals surface area contributed by atoms with Crippen LogP contribution in [-0.4, -0.2) is 13.1 Å². The molecule has 0 unspecified atom stereocenters. The van der Waals surface area contributed by atoms with Gasteiger partial charge in [0.05, 0.1) is 11.4 Å². The first-order valence-electron chi connectivity index (χ1n) is 4.30. The molecule has 2 N–H and O–H groups in total. The van der Waals surface area contributed by atoms with E-state index >= 15 is 0 Å². The summed E-state index contributed by atoms with van der Waals surface area (Å²) >= 11 is 3.43. The van der Waals surface area contributed by atoms with Gasteiger partial charge in [-0.1, -0.05) is 15.9 Å². The summed E-state index contributed by atoms with van der Waals surface area (Å²) in [6, 6.07) is 6.36. The van der Waals surface area contributed by atoms with Crippen molar-refractivity contribution in [2.45, 2.75) is 19.9 Å². The van der Waals surface area contributed by atoms with Crippen LogP contribution in [0, 0.1) is 0 Å². The maximum Gasteiger partial charge on any atom is 0.0610 e. The van der Waals surface area contributed by atoms with Gasteiger partial charge in [0.25, 0.3) is 0 Å². The minimum Gasteiger partial charge on any atom is -0.397 e. The number of halogens is 1. The van der Waals surface area contributed by atoms with Crippen LogP contribution in [0.25, 0.3) is 0 Å². The highest BCUT2D eigenvalue weighted by Crippen LogP contribution is 2.27. The summed E-state index contributed by atoms with van der Waals surface area (Å²) in [4.78, 5) is 2.15. The molecule has 2 nitrogen and oxygen atoms in total. The molecular formula is C10H15BrN2. The van der Waals surface area contributed by atoms with Gasteiger partial charge >= 0.3 is 0 Å². The molecular weight excluding hydrogens is 228 g/mol. The lowest BCUT2D eigenvalue weighted by atomic mass is 10.2. The predicted molar refractivity (Wildman–Crippen MR) is 62.1 cm³/mol. The van der Waals surface area contributed by atoms with E-state index in [1.54, 1.807) is 0 Å². The Kier molecular flexibility index (Phi) is 3.20. The standard InChI is InChI=1S/C10H15BrN2/c1-7(2)13(3)10-6-8(11)4-5-9(10)12/h4-7H,12H2,1-3H3. The molecule has 0 fully saturated rings. The van der Waals surface area contributed by atoms with Crippen molar-refractivity contribution < 1.29 is 0 Å². The van der Waals surface area contributed by atoms with Crippen molar-refractivity contribution in [3.63, 3.8) is 0 Å². The summed E-state index contributed by atoms with van der Waals surface area (Å²) in [6.45, 7) is 4.28. The fourth-order valence-corrected chi connectivity index (χ4v) is 1.45. The topological polar surface area (TPSA) is 29.3 Å². The van der Waals surface area contributed by atoms with Gasteiger partial charge in [0.1, 0.15) is 0 Å². The second kappa shape index (κ2) is 4.01. The molecule has 0 spiro atoms. The van der Waals surface area contributed by atoms with Crippen LogP contribution in [0.15, 0.2) is 22.7 Å². The maximum atomic E-state index is 5.87. The van der Waals surface area contributed by atoms with Crippen molar-refractivity contribution >= 4 is 27.3 Å². The molecule has 0 amide bonds. The minimum absolute atomic E-state index is 0.455. The Morgan fingerprint density at radius 1 is 1.38 bits per heavy atom. The number of rotatable bonds is 2. The van der Waals surface area contributed by atoms with E-state index in [9.17, 15) is 0 Å². The zero-order valence-corrected chi connectivity index (χ0v) is 9.80. The van der Waals surface area contributed by atoms with E-state index in [0.717, 1.165) is 15.8 Å². The fraction of sp³-hybridized carbons (Fsp3) is 0.400. The van der Waals surface area contributed by atoms with Gasteiger partial charge in [0.2, 0.25) is 0 Å². The molecule has 1 rings (SSSR count). The average Bonchev–Trinajstić information content (AvgIpc) is 2.08. The van der Waals surface area contributed by atoms with E-state index < -0.39 is 0 Å². The van der Waals surface area contributed by atoms with Crippen LogP contribution >= 0.6 is 15.9 Å². The predicted octanol–water partition coefficient (Wildman–Crippen LogP) is 2.88. The summed E-state index contributed by atoms with van der Waals surface area (Å²) in [6.07, 6.45) is 0. The summed E-state index contributed by atoms with van der Waals surface area (Å²) in [5.41, 5.74) is 7.76. The number of nitrogens with two attached hydrogens (primary N) is 1. The Labute approximate surface area is 87.9 Å². The van der Waals surface area contributed by atoms with Crippen molar-refractivity contribution in [3.8, 4) is 0 Å². The molecule has 0 radical (unpaired) electrons. The monoisotopic (exact) mass is 242 g/mol. The second-order valence-electron chi connectivity index (χ2n) is 3.41. The number of benzene rings is 1. The van der Waals surface area contributed by atoms with Gasteiger partial charge < -0.3 is 10.6 Å². The van der Waals surface area contributed by atoms with Crippen LogP contribution in [-0.2, 0) is 0 Å². The molecule has 1 aromatic carbocycles. The number of nitrogen functional groups attached to an aromatic ring is 1. The molecule has 0 aliphatic carbocycles. The minimum atomic E-state index is 0.455. The molecule has 1 aromatic rings. The van der Waals surface area contributed by atoms with Crippen LogP contribution < -0.4 is 10.6 Å². The van der Waals surface area contributed by atoms with E-state index in [1.807, 2.05) is 25.2 Å². The lowest BCUT2D eigenvalue weighted by Gasteiger charge is -2.25. The van der Waals surface area contributed by atoms with Crippen LogP contribution in [0.4, 0.5) is 11.4 Å². The third-order valence-electron chi connectivity index (χ3n) is 2.15. The first-order chi connectivity index (χ1) is 6.02. The number of anilines is 2. The first kappa shape index (κ1) is 10.4. The average molecular weight is 243 g/mol. The summed E-state index contributed by atoms with van der Waals surface area (Å²) in [5.74, 6) is 0. The van der Waals surface area contributed by atoms with E-state index in [2.05, 4.69) is 34.7 Å². The Bertz CT molecular complexity index is 297.